The molecule has 1 atom stereocenters. The number of methoxy groups -OCH3 is 1. The van der Waals surface area contributed by atoms with E-state index >= 15 is 0 Å². The number of pyridine rings is 1. The van der Waals surface area contributed by atoms with E-state index in [1.165, 1.54) is 0 Å². The molecule has 2 heterocycles. The number of nitrogens with one attached hydrogen (secondary N) is 1. The summed E-state index contributed by atoms with van der Waals surface area (Å²) in [7, 11) is 1.62. The first-order valence-electron chi connectivity index (χ1n) is 9.74. The van der Waals surface area contributed by atoms with Crippen molar-refractivity contribution >= 4 is 11.8 Å². The first-order chi connectivity index (χ1) is 14.4. The van der Waals surface area contributed by atoms with Gasteiger partial charge in [-0.05, 0) is 32.9 Å². The summed E-state index contributed by atoms with van der Waals surface area (Å²) in [6.07, 6.45) is 3.28. The first kappa shape index (κ1) is 21.4. The van der Waals surface area contributed by atoms with Crippen molar-refractivity contribution in [2.75, 3.05) is 20.3 Å². The number of carbonyl (C=O) groups is 1. The predicted molar refractivity (Wildman–Crippen MR) is 113 cm³/mol. The average Bonchev–Trinajstić information content (AvgIpc) is 3.17. The Morgan fingerprint density at radius 3 is 2.77 bits per heavy atom. The Morgan fingerprint density at radius 1 is 1.20 bits per heavy atom. The third-order valence-corrected chi connectivity index (χ3v) is 4.23. The number of rotatable bonds is 7. The van der Waals surface area contributed by atoms with Crippen LogP contribution in [0.1, 0.15) is 27.2 Å². The van der Waals surface area contributed by atoms with Crippen LogP contribution >= 0.6 is 0 Å². The minimum atomic E-state index is -0.543. The standard InChI is InChI=1S/C22H27N3O5/c1-22(2,3)29-21(26)24-12-15-11-16(30-25-15)14-28-20-8-6-5-7-17(20)18-13-23-10-9-19(18)27-4/h5-10,13,16H,11-12,14H2,1-4H3,(H,24,26). The molecule has 1 aromatic carbocycles. The van der Waals surface area contributed by atoms with Crippen molar-refractivity contribution in [3.8, 4) is 22.6 Å². The van der Waals surface area contributed by atoms with Crippen LogP contribution in [0.25, 0.3) is 11.1 Å². The maximum atomic E-state index is 11.8. The fourth-order valence-corrected chi connectivity index (χ4v) is 2.93. The summed E-state index contributed by atoms with van der Waals surface area (Å²) in [4.78, 5) is 21.4. The second-order valence-corrected chi connectivity index (χ2v) is 7.83. The summed E-state index contributed by atoms with van der Waals surface area (Å²) in [5.41, 5.74) is 1.92. The Balaban J connectivity index is 1.54. The lowest BCUT2D eigenvalue weighted by Crippen LogP contribution is -2.35. The molecule has 8 heteroatoms. The summed E-state index contributed by atoms with van der Waals surface area (Å²) in [5.74, 6) is 1.42. The molecule has 1 aliphatic rings. The van der Waals surface area contributed by atoms with E-state index in [2.05, 4.69) is 15.5 Å². The van der Waals surface area contributed by atoms with Crippen molar-refractivity contribution in [1.29, 1.82) is 0 Å². The van der Waals surface area contributed by atoms with Gasteiger partial charge in [0.15, 0.2) is 6.10 Å². The van der Waals surface area contributed by atoms with Crippen molar-refractivity contribution < 1.29 is 23.8 Å². The number of carbonyl (C=O) groups excluding carboxylic acids is 1. The molecule has 0 spiro atoms. The molecule has 1 N–H and O–H groups in total. The summed E-state index contributed by atoms with van der Waals surface area (Å²) in [5, 5.41) is 6.73. The highest BCUT2D eigenvalue weighted by atomic mass is 16.7. The monoisotopic (exact) mass is 413 g/mol. The summed E-state index contributed by atoms with van der Waals surface area (Å²) in [6, 6.07) is 9.50. The quantitative estimate of drug-likeness (QED) is 0.742. The van der Waals surface area contributed by atoms with E-state index in [0.717, 1.165) is 22.6 Å². The van der Waals surface area contributed by atoms with Gasteiger partial charge in [0.25, 0.3) is 0 Å². The maximum Gasteiger partial charge on any atom is 0.407 e. The molecule has 0 aliphatic carbocycles. The van der Waals surface area contributed by atoms with E-state index in [1.54, 1.807) is 19.5 Å². The minimum Gasteiger partial charge on any atom is -0.496 e. The largest absolute Gasteiger partial charge is 0.496 e. The van der Waals surface area contributed by atoms with Crippen LogP contribution in [0.2, 0.25) is 0 Å². The fraction of sp³-hybridized carbons (Fsp3) is 0.409. The molecule has 1 unspecified atom stereocenters. The fourth-order valence-electron chi connectivity index (χ4n) is 2.93. The van der Waals surface area contributed by atoms with Gasteiger partial charge in [-0.15, -0.1) is 0 Å². The molecule has 1 aliphatic heterocycles. The SMILES string of the molecule is COc1ccncc1-c1ccccc1OCC1CC(CNC(=O)OC(C)(C)C)=NO1. The summed E-state index contributed by atoms with van der Waals surface area (Å²) < 4.78 is 16.7. The molecule has 0 fully saturated rings. The summed E-state index contributed by atoms with van der Waals surface area (Å²) >= 11 is 0. The van der Waals surface area contributed by atoms with Crippen LogP contribution in [0.4, 0.5) is 4.79 Å². The lowest BCUT2D eigenvalue weighted by atomic mass is 10.1. The molecule has 1 aromatic heterocycles. The highest BCUT2D eigenvalue weighted by Crippen LogP contribution is 2.35. The third kappa shape index (κ3) is 5.85. The second-order valence-electron chi connectivity index (χ2n) is 7.83. The van der Waals surface area contributed by atoms with Gasteiger partial charge in [0.2, 0.25) is 0 Å². The third-order valence-electron chi connectivity index (χ3n) is 4.23. The number of nitrogens with zero attached hydrogens (tertiary/aromatic N) is 2. The Morgan fingerprint density at radius 2 is 2.00 bits per heavy atom. The number of ether oxygens (including phenoxy) is 3. The number of hydrogen-bond acceptors (Lipinski definition) is 7. The number of amides is 1. The zero-order valence-electron chi connectivity index (χ0n) is 17.7. The number of benzene rings is 1. The number of hydrogen-bond donors (Lipinski definition) is 1. The van der Waals surface area contributed by atoms with E-state index in [-0.39, 0.29) is 12.6 Å². The van der Waals surface area contributed by atoms with Crippen LogP contribution < -0.4 is 14.8 Å². The van der Waals surface area contributed by atoms with E-state index in [4.69, 9.17) is 19.0 Å². The molecule has 160 valence electrons. The van der Waals surface area contributed by atoms with Gasteiger partial charge in [-0.2, -0.15) is 0 Å². The number of para-hydroxylation sites is 1. The second kappa shape index (κ2) is 9.47. The van der Waals surface area contributed by atoms with Gasteiger partial charge < -0.3 is 24.4 Å². The van der Waals surface area contributed by atoms with E-state index < -0.39 is 11.7 Å². The van der Waals surface area contributed by atoms with Crippen molar-refractivity contribution in [2.24, 2.45) is 5.16 Å². The molecule has 30 heavy (non-hydrogen) atoms. The van der Waals surface area contributed by atoms with Gasteiger partial charge in [-0.1, -0.05) is 23.4 Å². The molecule has 0 radical (unpaired) electrons. The van der Waals surface area contributed by atoms with Crippen LogP contribution in [0.3, 0.4) is 0 Å². The minimum absolute atomic E-state index is 0.232. The zero-order chi connectivity index (χ0) is 21.6. The molecule has 0 saturated heterocycles. The molecule has 2 aromatic rings. The Kier molecular flexibility index (Phi) is 6.76. The molecular weight excluding hydrogens is 386 g/mol. The van der Waals surface area contributed by atoms with E-state index in [1.807, 2.05) is 51.1 Å². The van der Waals surface area contributed by atoms with Gasteiger partial charge >= 0.3 is 6.09 Å². The Labute approximate surface area is 176 Å². The molecule has 8 nitrogen and oxygen atoms in total. The lowest BCUT2D eigenvalue weighted by Gasteiger charge is -2.19. The van der Waals surface area contributed by atoms with Gasteiger partial charge in [0.05, 0.1) is 19.4 Å². The highest BCUT2D eigenvalue weighted by Gasteiger charge is 2.24. The highest BCUT2D eigenvalue weighted by molar-refractivity contribution is 5.89. The normalized spacial score (nSPS) is 15.7. The van der Waals surface area contributed by atoms with Gasteiger partial charge in [0.1, 0.15) is 23.7 Å². The average molecular weight is 413 g/mol. The molecule has 0 bridgehead atoms. The van der Waals surface area contributed by atoms with Crippen molar-refractivity contribution in [3.63, 3.8) is 0 Å². The topological polar surface area (TPSA) is 91.3 Å². The van der Waals surface area contributed by atoms with Gasteiger partial charge in [0, 0.05) is 29.9 Å². The summed E-state index contributed by atoms with van der Waals surface area (Å²) in [6.45, 7) is 6.03. The molecule has 0 saturated carbocycles. The van der Waals surface area contributed by atoms with Crippen LogP contribution in [-0.4, -0.2) is 48.8 Å². The molecule has 3 rings (SSSR count). The number of oxime groups is 1. The predicted octanol–water partition coefficient (Wildman–Crippen LogP) is 3.81. The maximum absolute atomic E-state index is 11.8. The number of aromatic nitrogens is 1. The van der Waals surface area contributed by atoms with Crippen LogP contribution in [0, 0.1) is 0 Å². The van der Waals surface area contributed by atoms with Gasteiger partial charge in [-0.25, -0.2) is 4.79 Å². The van der Waals surface area contributed by atoms with E-state index in [9.17, 15) is 4.79 Å². The van der Waals surface area contributed by atoms with Crippen molar-refractivity contribution in [1.82, 2.24) is 10.3 Å². The van der Waals surface area contributed by atoms with Gasteiger partial charge in [-0.3, -0.25) is 4.98 Å². The Bertz CT molecular complexity index is 908. The van der Waals surface area contributed by atoms with Crippen LogP contribution in [-0.2, 0) is 9.57 Å². The first-order valence-corrected chi connectivity index (χ1v) is 9.74. The molecule has 1 amide bonds. The van der Waals surface area contributed by atoms with Crippen molar-refractivity contribution in [3.05, 3.63) is 42.7 Å². The van der Waals surface area contributed by atoms with E-state index in [0.29, 0.717) is 18.8 Å². The number of alkyl carbamates (subject to hydrolysis) is 1. The zero-order valence-corrected chi connectivity index (χ0v) is 17.7. The van der Waals surface area contributed by atoms with Crippen LogP contribution in [0.5, 0.6) is 11.5 Å². The Hall–Kier alpha value is -3.29. The lowest BCUT2D eigenvalue weighted by molar-refractivity contribution is 0.0472. The molecular formula is C22H27N3O5. The van der Waals surface area contributed by atoms with Crippen molar-refractivity contribution in [2.45, 2.75) is 38.9 Å². The van der Waals surface area contributed by atoms with Crippen LogP contribution in [0.15, 0.2) is 47.9 Å². The smallest absolute Gasteiger partial charge is 0.407 e.